The Hall–Kier alpha value is -5.05. The van der Waals surface area contributed by atoms with Crippen molar-refractivity contribution in [1.29, 1.82) is 0 Å². The fourth-order valence-electron chi connectivity index (χ4n) is 3.84. The minimum absolute atomic E-state index is 0.227. The van der Waals surface area contributed by atoms with Gasteiger partial charge >= 0.3 is 0 Å². The Bertz CT molecular complexity index is 1500. The molecule has 3 aromatic heterocycles. The van der Waals surface area contributed by atoms with Crippen molar-refractivity contribution in [2.75, 3.05) is 17.2 Å². The quantitative estimate of drug-likeness (QED) is 0.241. The van der Waals surface area contributed by atoms with Crippen LogP contribution < -0.4 is 15.4 Å². The maximum Gasteiger partial charge on any atom is 0.255 e. The van der Waals surface area contributed by atoms with Crippen LogP contribution in [0.3, 0.4) is 0 Å². The van der Waals surface area contributed by atoms with Gasteiger partial charge in [-0.25, -0.2) is 15.0 Å². The molecule has 0 fully saturated rings. The third-order valence-corrected chi connectivity index (χ3v) is 5.84. The molecule has 0 atom stereocenters. The van der Waals surface area contributed by atoms with Crippen molar-refractivity contribution in [1.82, 2.24) is 24.5 Å². The van der Waals surface area contributed by atoms with Crippen LogP contribution >= 0.6 is 0 Å². The lowest BCUT2D eigenvalue weighted by atomic mass is 10.1. The summed E-state index contributed by atoms with van der Waals surface area (Å²) in [5.74, 6) is 0.908. The maximum absolute atomic E-state index is 13.0. The Balaban J connectivity index is 1.22. The van der Waals surface area contributed by atoms with Gasteiger partial charge in [0.25, 0.3) is 5.91 Å². The van der Waals surface area contributed by atoms with E-state index in [0.717, 1.165) is 35.5 Å². The number of ether oxygens (including phenoxy) is 1. The predicted molar refractivity (Wildman–Crippen MR) is 146 cm³/mol. The van der Waals surface area contributed by atoms with Crippen molar-refractivity contribution in [2.24, 2.45) is 0 Å². The highest BCUT2D eigenvalue weighted by molar-refractivity contribution is 6.05. The molecule has 1 amide bonds. The summed E-state index contributed by atoms with van der Waals surface area (Å²) in [7, 11) is 0. The van der Waals surface area contributed by atoms with Gasteiger partial charge in [-0.05, 0) is 61.4 Å². The van der Waals surface area contributed by atoms with Crippen molar-refractivity contribution < 1.29 is 9.53 Å². The molecule has 0 aliphatic carbocycles. The van der Waals surface area contributed by atoms with Crippen LogP contribution in [-0.2, 0) is 6.54 Å². The number of hydrogen-bond donors (Lipinski definition) is 2. The van der Waals surface area contributed by atoms with E-state index in [4.69, 9.17) is 4.74 Å². The Kier molecular flexibility index (Phi) is 7.64. The van der Waals surface area contributed by atoms with Gasteiger partial charge in [-0.15, -0.1) is 0 Å². The van der Waals surface area contributed by atoms with Crippen LogP contribution in [0.4, 0.5) is 17.3 Å². The van der Waals surface area contributed by atoms with E-state index in [-0.39, 0.29) is 5.91 Å². The summed E-state index contributed by atoms with van der Waals surface area (Å²) in [6, 6.07) is 18.5. The Labute approximate surface area is 220 Å². The lowest BCUT2D eigenvalue weighted by molar-refractivity contribution is 0.102. The Morgan fingerprint density at radius 2 is 1.95 bits per heavy atom. The van der Waals surface area contributed by atoms with E-state index in [1.165, 1.54) is 0 Å². The lowest BCUT2D eigenvalue weighted by Gasteiger charge is -2.12. The van der Waals surface area contributed by atoms with Gasteiger partial charge in [0.1, 0.15) is 5.75 Å². The molecule has 2 aromatic carbocycles. The highest BCUT2D eigenvalue weighted by atomic mass is 16.5. The van der Waals surface area contributed by atoms with Crippen molar-refractivity contribution in [3.8, 4) is 17.0 Å². The molecule has 0 bridgehead atoms. The van der Waals surface area contributed by atoms with Crippen LogP contribution in [0.5, 0.6) is 5.75 Å². The van der Waals surface area contributed by atoms with Gasteiger partial charge in [-0.1, -0.05) is 12.1 Å². The molecular weight excluding hydrogens is 478 g/mol. The summed E-state index contributed by atoms with van der Waals surface area (Å²) in [4.78, 5) is 30.2. The number of carbonyl (C=O) groups is 1. The minimum Gasteiger partial charge on any atom is -0.493 e. The number of aryl methyl sites for hydroxylation is 2. The fraction of sp³-hybridized carbons (Fsp3) is 0.138. The summed E-state index contributed by atoms with van der Waals surface area (Å²) in [5, 5.41) is 6.20. The number of aromatic nitrogens is 5. The van der Waals surface area contributed by atoms with Gasteiger partial charge < -0.3 is 19.9 Å². The van der Waals surface area contributed by atoms with Gasteiger partial charge in [0, 0.05) is 66.1 Å². The second-order valence-corrected chi connectivity index (χ2v) is 8.65. The predicted octanol–water partition coefficient (Wildman–Crippen LogP) is 5.51. The standard InChI is InChI=1S/C29H27N7O2/c1-21-8-9-22(17-27(21)35-29-32-12-10-26(34-29)23-5-3-11-30-19-23)28(37)33-24-6-2-7-25(18-24)38-16-4-14-36-15-13-31-20-36/h2-3,5-13,15,17-20H,4,14,16H2,1H3,(H,33,37)(H,32,34,35). The third kappa shape index (κ3) is 6.38. The Morgan fingerprint density at radius 3 is 2.79 bits per heavy atom. The van der Waals surface area contributed by atoms with E-state index in [2.05, 4.69) is 30.6 Å². The molecule has 0 aliphatic rings. The summed E-state index contributed by atoms with van der Waals surface area (Å²) in [6.07, 6.45) is 11.5. The molecule has 3 heterocycles. The number of hydrogen-bond acceptors (Lipinski definition) is 7. The van der Waals surface area contributed by atoms with E-state index in [0.29, 0.717) is 29.6 Å². The average Bonchev–Trinajstić information content (AvgIpc) is 3.47. The van der Waals surface area contributed by atoms with E-state index in [1.807, 2.05) is 66.2 Å². The second-order valence-electron chi connectivity index (χ2n) is 8.65. The average molecular weight is 506 g/mol. The van der Waals surface area contributed by atoms with Gasteiger partial charge in [-0.3, -0.25) is 9.78 Å². The number of benzene rings is 2. The molecule has 0 saturated carbocycles. The monoisotopic (exact) mass is 505 g/mol. The van der Waals surface area contributed by atoms with Crippen LogP contribution in [0.15, 0.2) is 98.0 Å². The van der Waals surface area contributed by atoms with Gasteiger partial charge in [0.2, 0.25) is 5.95 Å². The van der Waals surface area contributed by atoms with Crippen molar-refractivity contribution in [3.05, 3.63) is 109 Å². The van der Waals surface area contributed by atoms with E-state index in [9.17, 15) is 4.79 Å². The Morgan fingerprint density at radius 1 is 1.00 bits per heavy atom. The molecular formula is C29H27N7O2. The SMILES string of the molecule is Cc1ccc(C(=O)Nc2cccc(OCCCn3ccnc3)c2)cc1Nc1nccc(-c2cccnc2)n1. The van der Waals surface area contributed by atoms with Crippen molar-refractivity contribution in [2.45, 2.75) is 19.9 Å². The number of anilines is 3. The first-order valence-corrected chi connectivity index (χ1v) is 12.3. The number of amides is 1. The van der Waals surface area contributed by atoms with Crippen molar-refractivity contribution >= 4 is 23.2 Å². The topological polar surface area (TPSA) is 107 Å². The van der Waals surface area contributed by atoms with E-state index < -0.39 is 0 Å². The molecule has 0 spiro atoms. The molecule has 9 nitrogen and oxygen atoms in total. The highest BCUT2D eigenvalue weighted by Crippen LogP contribution is 2.24. The van der Waals surface area contributed by atoms with Crippen LogP contribution in [0.1, 0.15) is 22.3 Å². The zero-order valence-corrected chi connectivity index (χ0v) is 20.9. The maximum atomic E-state index is 13.0. The first-order valence-electron chi connectivity index (χ1n) is 12.3. The minimum atomic E-state index is -0.227. The number of nitrogens with one attached hydrogen (secondary N) is 2. The highest BCUT2D eigenvalue weighted by Gasteiger charge is 2.11. The molecule has 2 N–H and O–H groups in total. The normalized spacial score (nSPS) is 10.7. The van der Waals surface area contributed by atoms with Crippen LogP contribution in [0, 0.1) is 6.92 Å². The second kappa shape index (κ2) is 11.8. The van der Waals surface area contributed by atoms with Crippen molar-refractivity contribution in [3.63, 3.8) is 0 Å². The van der Waals surface area contributed by atoms with Gasteiger partial charge in [0.05, 0.1) is 18.6 Å². The molecule has 190 valence electrons. The number of imidazole rings is 1. The molecule has 0 saturated heterocycles. The first-order chi connectivity index (χ1) is 18.6. The summed E-state index contributed by atoms with van der Waals surface area (Å²) in [6.45, 7) is 3.36. The van der Waals surface area contributed by atoms with Crippen LogP contribution in [0.2, 0.25) is 0 Å². The number of rotatable bonds is 10. The summed E-state index contributed by atoms with van der Waals surface area (Å²) >= 11 is 0. The molecule has 38 heavy (non-hydrogen) atoms. The summed E-state index contributed by atoms with van der Waals surface area (Å²) < 4.78 is 7.87. The van der Waals surface area contributed by atoms with E-state index in [1.54, 1.807) is 43.2 Å². The molecule has 5 rings (SSSR count). The van der Waals surface area contributed by atoms with Crippen LogP contribution in [-0.4, -0.2) is 37.0 Å². The number of pyridine rings is 1. The van der Waals surface area contributed by atoms with Crippen LogP contribution in [0.25, 0.3) is 11.3 Å². The number of carbonyl (C=O) groups excluding carboxylic acids is 1. The first kappa shape index (κ1) is 24.6. The summed E-state index contributed by atoms with van der Waals surface area (Å²) in [5.41, 5.74) is 4.52. The largest absolute Gasteiger partial charge is 0.493 e. The molecule has 0 radical (unpaired) electrons. The molecule has 0 unspecified atom stereocenters. The van der Waals surface area contributed by atoms with Gasteiger partial charge in [0.15, 0.2) is 0 Å². The van der Waals surface area contributed by atoms with E-state index >= 15 is 0 Å². The smallest absolute Gasteiger partial charge is 0.255 e. The zero-order chi connectivity index (χ0) is 26.2. The molecule has 9 heteroatoms. The molecule has 0 aliphatic heterocycles. The lowest BCUT2D eigenvalue weighted by Crippen LogP contribution is -2.12. The number of nitrogens with zero attached hydrogens (tertiary/aromatic N) is 5. The zero-order valence-electron chi connectivity index (χ0n) is 20.9. The third-order valence-electron chi connectivity index (χ3n) is 5.84. The van der Waals surface area contributed by atoms with Gasteiger partial charge in [-0.2, -0.15) is 0 Å². The molecule has 5 aromatic rings. The fourth-order valence-corrected chi connectivity index (χ4v) is 3.84.